The van der Waals surface area contributed by atoms with Gasteiger partial charge in [0.2, 0.25) is 0 Å². The van der Waals surface area contributed by atoms with Gasteiger partial charge < -0.3 is 10.4 Å². The fourth-order valence-corrected chi connectivity index (χ4v) is 3.80. The van der Waals surface area contributed by atoms with Gasteiger partial charge in [0.15, 0.2) is 0 Å². The zero-order chi connectivity index (χ0) is 14.8. The molecule has 1 saturated carbocycles. The largest absolute Gasteiger partial charge is 0.481 e. The van der Waals surface area contributed by atoms with Crippen molar-refractivity contribution in [1.82, 2.24) is 5.32 Å². The van der Waals surface area contributed by atoms with E-state index in [1.54, 1.807) is 0 Å². The second-order valence-electron chi connectivity index (χ2n) is 5.51. The summed E-state index contributed by atoms with van der Waals surface area (Å²) in [5, 5.41) is 13.1. The number of carboxylic acid groups (broad SMARTS) is 1. The third-order valence-electron chi connectivity index (χ3n) is 4.06. The van der Waals surface area contributed by atoms with Gasteiger partial charge in [-0.25, -0.2) is 0 Å². The molecule has 1 aliphatic rings. The minimum atomic E-state index is -0.718. The number of aliphatic carboxylic acids is 1. The molecule has 110 valence electrons. The molecule has 3 rings (SSSR count). The van der Waals surface area contributed by atoms with Crippen LogP contribution in [-0.2, 0) is 4.79 Å². The number of rotatable bonds is 3. The van der Waals surface area contributed by atoms with E-state index in [0.29, 0.717) is 12.8 Å². The van der Waals surface area contributed by atoms with E-state index in [1.165, 1.54) is 11.3 Å². The highest BCUT2D eigenvalue weighted by Gasteiger charge is 2.27. The smallest absolute Gasteiger partial charge is 0.306 e. The van der Waals surface area contributed by atoms with E-state index < -0.39 is 5.97 Å². The van der Waals surface area contributed by atoms with Crippen molar-refractivity contribution < 1.29 is 14.7 Å². The molecule has 0 aliphatic heterocycles. The Morgan fingerprint density at radius 3 is 2.52 bits per heavy atom. The second-order valence-corrected chi connectivity index (χ2v) is 6.59. The van der Waals surface area contributed by atoms with Gasteiger partial charge in [0, 0.05) is 10.7 Å². The highest BCUT2D eigenvalue weighted by molar-refractivity contribution is 7.20. The van der Waals surface area contributed by atoms with Crippen LogP contribution in [0, 0.1) is 5.92 Å². The number of carboxylic acids is 1. The first-order valence-electron chi connectivity index (χ1n) is 7.16. The highest BCUT2D eigenvalue weighted by atomic mass is 32.1. The fourth-order valence-electron chi connectivity index (χ4n) is 2.84. The van der Waals surface area contributed by atoms with E-state index in [4.69, 9.17) is 5.11 Å². The van der Waals surface area contributed by atoms with Gasteiger partial charge in [-0.05, 0) is 43.2 Å². The van der Waals surface area contributed by atoms with Crippen molar-refractivity contribution in [2.24, 2.45) is 5.92 Å². The lowest BCUT2D eigenvalue weighted by Crippen LogP contribution is -2.38. The summed E-state index contributed by atoms with van der Waals surface area (Å²) >= 11 is 1.49. The molecule has 0 atom stereocenters. The standard InChI is InChI=1S/C16H17NO3S/c18-15(14-9-11-3-1-2-4-13(11)21-14)17-12-7-5-10(6-8-12)16(19)20/h1-4,9-10,12H,5-8H2,(H,17,18)(H,19,20). The first kappa shape index (κ1) is 14.1. The lowest BCUT2D eigenvalue weighted by molar-refractivity contribution is -0.142. The molecule has 1 amide bonds. The van der Waals surface area contributed by atoms with Crippen molar-refractivity contribution in [3.05, 3.63) is 35.2 Å². The summed E-state index contributed by atoms with van der Waals surface area (Å²) in [4.78, 5) is 23.9. The van der Waals surface area contributed by atoms with Crippen LogP contribution < -0.4 is 5.32 Å². The zero-order valence-electron chi connectivity index (χ0n) is 11.5. The molecule has 2 N–H and O–H groups in total. The number of amides is 1. The molecule has 1 aliphatic carbocycles. The Bertz CT molecular complexity index is 638. The topological polar surface area (TPSA) is 66.4 Å². The van der Waals surface area contributed by atoms with E-state index in [-0.39, 0.29) is 17.9 Å². The molecule has 0 saturated heterocycles. The van der Waals surface area contributed by atoms with E-state index in [2.05, 4.69) is 5.32 Å². The molecular weight excluding hydrogens is 286 g/mol. The molecule has 1 aromatic heterocycles. The van der Waals surface area contributed by atoms with E-state index in [0.717, 1.165) is 27.8 Å². The van der Waals surface area contributed by atoms with Crippen molar-refractivity contribution in [1.29, 1.82) is 0 Å². The molecule has 4 nitrogen and oxygen atoms in total. The zero-order valence-corrected chi connectivity index (χ0v) is 12.4. The predicted molar refractivity (Wildman–Crippen MR) is 82.7 cm³/mol. The average molecular weight is 303 g/mol. The first-order chi connectivity index (χ1) is 10.1. The molecule has 0 radical (unpaired) electrons. The van der Waals surface area contributed by atoms with Crippen LogP contribution in [0.5, 0.6) is 0 Å². The molecule has 0 bridgehead atoms. The van der Waals surface area contributed by atoms with Gasteiger partial charge in [-0.1, -0.05) is 18.2 Å². The van der Waals surface area contributed by atoms with Gasteiger partial charge in [-0.15, -0.1) is 11.3 Å². The predicted octanol–water partition coefficient (Wildman–Crippen LogP) is 3.27. The number of hydrogen-bond donors (Lipinski definition) is 2. The van der Waals surface area contributed by atoms with Crippen molar-refractivity contribution in [3.63, 3.8) is 0 Å². The summed E-state index contributed by atoms with van der Waals surface area (Å²) in [5.41, 5.74) is 0. The quantitative estimate of drug-likeness (QED) is 0.914. The highest BCUT2D eigenvalue weighted by Crippen LogP contribution is 2.27. The Morgan fingerprint density at radius 1 is 1.14 bits per heavy atom. The van der Waals surface area contributed by atoms with Crippen molar-refractivity contribution in [3.8, 4) is 0 Å². The lowest BCUT2D eigenvalue weighted by Gasteiger charge is -2.26. The van der Waals surface area contributed by atoms with Gasteiger partial charge >= 0.3 is 5.97 Å². The van der Waals surface area contributed by atoms with Crippen LogP contribution in [-0.4, -0.2) is 23.0 Å². The number of hydrogen-bond acceptors (Lipinski definition) is 3. The van der Waals surface area contributed by atoms with Crippen molar-refractivity contribution >= 4 is 33.3 Å². The SMILES string of the molecule is O=C(NC1CCC(C(=O)O)CC1)c1cc2ccccc2s1. The molecule has 21 heavy (non-hydrogen) atoms. The van der Waals surface area contributed by atoms with Crippen LogP contribution in [0.15, 0.2) is 30.3 Å². The van der Waals surface area contributed by atoms with E-state index >= 15 is 0 Å². The van der Waals surface area contributed by atoms with Crippen LogP contribution in [0.4, 0.5) is 0 Å². The summed E-state index contributed by atoms with van der Waals surface area (Å²) < 4.78 is 1.11. The van der Waals surface area contributed by atoms with Gasteiger partial charge in [-0.2, -0.15) is 0 Å². The molecule has 0 unspecified atom stereocenters. The molecule has 1 aromatic carbocycles. The van der Waals surface area contributed by atoms with Crippen LogP contribution in [0.1, 0.15) is 35.4 Å². The Morgan fingerprint density at radius 2 is 1.86 bits per heavy atom. The van der Waals surface area contributed by atoms with E-state index in [1.807, 2.05) is 30.3 Å². The monoisotopic (exact) mass is 303 g/mol. The average Bonchev–Trinajstić information content (AvgIpc) is 2.92. The normalized spacial score (nSPS) is 22.1. The Kier molecular flexibility index (Phi) is 3.92. The number of fused-ring (bicyclic) bond motifs is 1. The number of thiophene rings is 1. The van der Waals surface area contributed by atoms with Gasteiger partial charge in [0.25, 0.3) is 5.91 Å². The molecule has 1 fully saturated rings. The van der Waals surface area contributed by atoms with Crippen LogP contribution >= 0.6 is 11.3 Å². The maximum absolute atomic E-state index is 12.3. The van der Waals surface area contributed by atoms with Crippen LogP contribution in [0.2, 0.25) is 0 Å². The van der Waals surface area contributed by atoms with Crippen molar-refractivity contribution in [2.75, 3.05) is 0 Å². The second kappa shape index (κ2) is 5.85. The molecule has 1 heterocycles. The number of carbonyl (C=O) groups excluding carboxylic acids is 1. The molecule has 0 spiro atoms. The number of benzene rings is 1. The molecular formula is C16H17NO3S. The van der Waals surface area contributed by atoms with Gasteiger partial charge in [0.05, 0.1) is 10.8 Å². The third kappa shape index (κ3) is 3.08. The Labute approximate surface area is 126 Å². The molecule has 5 heteroatoms. The van der Waals surface area contributed by atoms with Crippen molar-refractivity contribution in [2.45, 2.75) is 31.7 Å². The summed E-state index contributed by atoms with van der Waals surface area (Å²) in [6, 6.07) is 9.95. The van der Waals surface area contributed by atoms with Gasteiger partial charge in [0.1, 0.15) is 0 Å². The summed E-state index contributed by atoms with van der Waals surface area (Å²) in [6.07, 6.45) is 2.78. The van der Waals surface area contributed by atoms with Gasteiger partial charge in [-0.3, -0.25) is 9.59 Å². The maximum atomic E-state index is 12.3. The summed E-state index contributed by atoms with van der Waals surface area (Å²) in [7, 11) is 0. The minimum Gasteiger partial charge on any atom is -0.481 e. The lowest BCUT2D eigenvalue weighted by atomic mass is 9.86. The Hall–Kier alpha value is -1.88. The summed E-state index contributed by atoms with van der Waals surface area (Å²) in [5.74, 6) is -1.01. The first-order valence-corrected chi connectivity index (χ1v) is 7.97. The van der Waals surface area contributed by atoms with Crippen LogP contribution in [0.25, 0.3) is 10.1 Å². The van der Waals surface area contributed by atoms with Crippen LogP contribution in [0.3, 0.4) is 0 Å². The number of nitrogens with one attached hydrogen (secondary N) is 1. The third-order valence-corrected chi connectivity index (χ3v) is 5.18. The van der Waals surface area contributed by atoms with E-state index in [9.17, 15) is 9.59 Å². The maximum Gasteiger partial charge on any atom is 0.306 e. The molecule has 2 aromatic rings. The summed E-state index contributed by atoms with van der Waals surface area (Å²) in [6.45, 7) is 0. The Balaban J connectivity index is 1.63. The minimum absolute atomic E-state index is 0.0463. The fraction of sp³-hybridized carbons (Fsp3) is 0.375. The number of carbonyl (C=O) groups is 2.